The molecular weight excluding hydrogens is 204 g/mol. The summed E-state index contributed by atoms with van der Waals surface area (Å²) in [5.74, 6) is 0. The van der Waals surface area contributed by atoms with E-state index in [-0.39, 0.29) is 26.3 Å². The average molecular weight is 212 g/mol. The molecule has 0 bridgehead atoms. The largest absolute Gasteiger partial charge is 0.508 e. The highest BCUT2D eigenvalue weighted by Gasteiger charge is 2.36. The first kappa shape index (κ1) is 11.0. The topological polar surface area (TPSA) is 133 Å². The van der Waals surface area contributed by atoms with Crippen molar-refractivity contribution < 1.29 is 14.3 Å². The van der Waals surface area contributed by atoms with E-state index in [1.807, 2.05) is 0 Å². The Morgan fingerprint density at radius 3 is 2.07 bits per heavy atom. The van der Waals surface area contributed by atoms with Gasteiger partial charge in [0, 0.05) is 22.9 Å². The van der Waals surface area contributed by atoms with Crippen LogP contribution in [0.3, 0.4) is 0 Å². The third-order valence-electron chi connectivity index (χ3n) is 1.93. The summed E-state index contributed by atoms with van der Waals surface area (Å²) >= 11 is 0. The summed E-state index contributed by atoms with van der Waals surface area (Å²) in [4.78, 5) is 15.8. The van der Waals surface area contributed by atoms with Crippen LogP contribution >= 0.6 is 0 Å². The minimum absolute atomic E-state index is 0.0177. The van der Waals surface area contributed by atoms with Crippen LogP contribution in [0.15, 0.2) is 10.2 Å². The van der Waals surface area contributed by atoms with Gasteiger partial charge in [0.2, 0.25) is 0 Å². The molecule has 0 radical (unpaired) electrons. The number of nitrogens with zero attached hydrogens (tertiary/aromatic N) is 6. The van der Waals surface area contributed by atoms with E-state index >= 15 is 0 Å². The standard InChI is InChI=1S/C6H8N6O3/c7-11-9-1-6(2-10-12-8)3-14-5(13)15-4-6/h1-4H2. The first-order valence-electron chi connectivity index (χ1n) is 4.04. The van der Waals surface area contributed by atoms with Gasteiger partial charge in [0.15, 0.2) is 0 Å². The minimum atomic E-state index is -0.771. The number of hydrogen-bond donors (Lipinski definition) is 0. The van der Waals surface area contributed by atoms with E-state index in [2.05, 4.69) is 29.5 Å². The van der Waals surface area contributed by atoms with E-state index in [4.69, 9.17) is 11.1 Å². The molecule has 0 spiro atoms. The van der Waals surface area contributed by atoms with Crippen LogP contribution in [-0.4, -0.2) is 32.5 Å². The molecule has 0 atom stereocenters. The molecule has 0 amide bonds. The molecular formula is C6H8N6O3. The lowest BCUT2D eigenvalue weighted by atomic mass is 9.90. The van der Waals surface area contributed by atoms with Crippen LogP contribution in [0, 0.1) is 5.41 Å². The lowest BCUT2D eigenvalue weighted by Crippen LogP contribution is -2.43. The molecule has 0 unspecified atom stereocenters. The van der Waals surface area contributed by atoms with Crippen LogP contribution in [0.5, 0.6) is 0 Å². The minimum Gasteiger partial charge on any atom is -0.434 e. The predicted octanol–water partition coefficient (Wildman–Crippen LogP) is 1.76. The van der Waals surface area contributed by atoms with Crippen LogP contribution in [0.1, 0.15) is 0 Å². The van der Waals surface area contributed by atoms with Crippen LogP contribution in [0.25, 0.3) is 20.9 Å². The SMILES string of the molecule is [N-]=[N+]=NCC1(CN=[N+]=[N-])COC(=O)OC1. The third-order valence-corrected chi connectivity index (χ3v) is 1.93. The molecule has 0 saturated carbocycles. The van der Waals surface area contributed by atoms with Gasteiger partial charge >= 0.3 is 6.16 Å². The van der Waals surface area contributed by atoms with Crippen molar-refractivity contribution in [3.63, 3.8) is 0 Å². The van der Waals surface area contributed by atoms with Gasteiger partial charge in [-0.05, 0) is 11.1 Å². The highest BCUT2D eigenvalue weighted by molar-refractivity contribution is 5.60. The zero-order valence-corrected chi connectivity index (χ0v) is 7.74. The first-order valence-corrected chi connectivity index (χ1v) is 4.04. The maximum Gasteiger partial charge on any atom is 0.508 e. The van der Waals surface area contributed by atoms with Gasteiger partial charge in [-0.3, -0.25) is 0 Å². The molecule has 0 aromatic rings. The van der Waals surface area contributed by atoms with Crippen LogP contribution < -0.4 is 0 Å². The van der Waals surface area contributed by atoms with E-state index in [1.54, 1.807) is 0 Å². The molecule has 15 heavy (non-hydrogen) atoms. The summed E-state index contributed by atoms with van der Waals surface area (Å²) in [7, 11) is 0. The van der Waals surface area contributed by atoms with Crippen molar-refractivity contribution in [2.24, 2.45) is 15.6 Å². The van der Waals surface area contributed by atoms with Gasteiger partial charge in [-0.2, -0.15) is 0 Å². The van der Waals surface area contributed by atoms with Crippen molar-refractivity contribution in [3.05, 3.63) is 20.9 Å². The van der Waals surface area contributed by atoms with Gasteiger partial charge in [-0.1, -0.05) is 10.2 Å². The lowest BCUT2D eigenvalue weighted by molar-refractivity contribution is -0.0517. The Morgan fingerprint density at radius 2 is 1.67 bits per heavy atom. The summed E-state index contributed by atoms with van der Waals surface area (Å²) in [6.07, 6.45) is -0.771. The Balaban J connectivity index is 2.71. The number of cyclic esters (lactones) is 2. The van der Waals surface area contributed by atoms with Gasteiger partial charge in [0.05, 0.1) is 5.41 Å². The molecule has 0 aliphatic carbocycles. The Hall–Kier alpha value is -2.11. The van der Waals surface area contributed by atoms with E-state index < -0.39 is 11.6 Å². The fraction of sp³-hybridized carbons (Fsp3) is 0.833. The van der Waals surface area contributed by atoms with Crippen LogP contribution in [0.2, 0.25) is 0 Å². The molecule has 0 aromatic heterocycles. The van der Waals surface area contributed by atoms with Crippen molar-refractivity contribution in [2.75, 3.05) is 26.3 Å². The van der Waals surface area contributed by atoms with Gasteiger partial charge in [0.1, 0.15) is 13.2 Å². The Labute approximate surface area is 84.2 Å². The average Bonchev–Trinajstić information content (AvgIpc) is 2.27. The van der Waals surface area contributed by atoms with Gasteiger partial charge < -0.3 is 9.47 Å². The van der Waals surface area contributed by atoms with Crippen molar-refractivity contribution in [1.82, 2.24) is 0 Å². The molecule has 1 fully saturated rings. The second kappa shape index (κ2) is 4.94. The van der Waals surface area contributed by atoms with E-state index in [0.717, 1.165) is 0 Å². The number of ether oxygens (including phenoxy) is 2. The Bertz CT molecular complexity index is 311. The predicted molar refractivity (Wildman–Crippen MR) is 47.8 cm³/mol. The van der Waals surface area contributed by atoms with Crippen LogP contribution in [0.4, 0.5) is 4.79 Å². The Morgan fingerprint density at radius 1 is 1.20 bits per heavy atom. The molecule has 1 aliphatic rings. The molecule has 1 heterocycles. The summed E-state index contributed by atoms with van der Waals surface area (Å²) in [5, 5.41) is 6.74. The zero-order valence-electron chi connectivity index (χ0n) is 7.74. The van der Waals surface area contributed by atoms with Gasteiger partial charge in [-0.25, -0.2) is 4.79 Å². The van der Waals surface area contributed by atoms with E-state index in [9.17, 15) is 4.79 Å². The maximum absolute atomic E-state index is 10.6. The molecule has 1 rings (SSSR count). The summed E-state index contributed by atoms with van der Waals surface area (Å²) in [6.45, 7) is 0.138. The Kier molecular flexibility index (Phi) is 3.61. The van der Waals surface area contributed by atoms with Crippen LogP contribution in [-0.2, 0) is 9.47 Å². The molecule has 1 aliphatic heterocycles. The van der Waals surface area contributed by atoms with E-state index in [0.29, 0.717) is 0 Å². The van der Waals surface area contributed by atoms with E-state index in [1.165, 1.54) is 0 Å². The fourth-order valence-electron chi connectivity index (χ4n) is 1.10. The second-order valence-electron chi connectivity index (χ2n) is 3.11. The summed E-state index contributed by atoms with van der Waals surface area (Å²) < 4.78 is 9.32. The quantitative estimate of drug-likeness (QED) is 0.304. The van der Waals surface area contributed by atoms with Crippen molar-refractivity contribution in [1.29, 1.82) is 0 Å². The summed E-state index contributed by atoms with van der Waals surface area (Å²) in [5.41, 5.74) is 15.6. The zero-order chi connectivity index (χ0) is 11.1. The second-order valence-corrected chi connectivity index (χ2v) is 3.11. The monoisotopic (exact) mass is 212 g/mol. The normalized spacial score (nSPS) is 17.7. The first-order chi connectivity index (χ1) is 7.22. The van der Waals surface area contributed by atoms with Crippen molar-refractivity contribution >= 4 is 6.16 Å². The molecule has 9 nitrogen and oxygen atoms in total. The number of carbonyl (C=O) groups excluding carboxylic acids is 1. The third kappa shape index (κ3) is 2.94. The molecule has 0 aromatic carbocycles. The van der Waals surface area contributed by atoms with Gasteiger partial charge in [-0.15, -0.1) is 0 Å². The smallest absolute Gasteiger partial charge is 0.434 e. The lowest BCUT2D eigenvalue weighted by Gasteiger charge is -2.32. The van der Waals surface area contributed by atoms with Gasteiger partial charge in [0.25, 0.3) is 0 Å². The summed E-state index contributed by atoms with van der Waals surface area (Å²) in [6, 6.07) is 0. The molecule has 9 heteroatoms. The number of azide groups is 2. The van der Waals surface area contributed by atoms with Crippen molar-refractivity contribution in [3.8, 4) is 0 Å². The highest BCUT2D eigenvalue weighted by atomic mass is 16.7. The maximum atomic E-state index is 10.6. The molecule has 0 N–H and O–H groups in total. The molecule has 1 saturated heterocycles. The number of carbonyl (C=O) groups is 1. The number of rotatable bonds is 4. The van der Waals surface area contributed by atoms with Crippen molar-refractivity contribution in [2.45, 2.75) is 0 Å². The highest BCUT2D eigenvalue weighted by Crippen LogP contribution is 2.24. The number of hydrogen-bond acceptors (Lipinski definition) is 5. The fourth-order valence-corrected chi connectivity index (χ4v) is 1.10. The molecule has 80 valence electrons.